The summed E-state index contributed by atoms with van der Waals surface area (Å²) >= 11 is 1.96. The van der Waals surface area contributed by atoms with Crippen LogP contribution in [0, 0.1) is 6.92 Å². The van der Waals surface area contributed by atoms with E-state index in [-0.39, 0.29) is 12.5 Å². The highest BCUT2D eigenvalue weighted by Gasteiger charge is 2.19. The molecule has 1 aliphatic carbocycles. The minimum Gasteiger partial charge on any atom is -0.351 e. The summed E-state index contributed by atoms with van der Waals surface area (Å²) in [5.74, 6) is 0.799. The highest BCUT2D eigenvalue weighted by atomic mass is 32.2. The van der Waals surface area contributed by atoms with Crippen molar-refractivity contribution in [1.82, 2.24) is 5.32 Å². The normalized spacial score (nSPS) is 14.9. The van der Waals surface area contributed by atoms with Crippen LogP contribution in [0.5, 0.6) is 0 Å². The Morgan fingerprint density at radius 3 is 2.39 bits per heavy atom. The number of nitrogens with one attached hydrogen (secondary N) is 1. The van der Waals surface area contributed by atoms with E-state index in [1.54, 1.807) is 24.3 Å². The largest absolute Gasteiger partial charge is 0.351 e. The van der Waals surface area contributed by atoms with Crippen LogP contribution in [0.3, 0.4) is 0 Å². The zero-order chi connectivity index (χ0) is 22.3. The standard InChI is InChI=1S/C24H32N2O3S2/c1-19-8-6-7-9-21(19)18-26(31(2,28)29)22-14-12-20(13-15-22)24(27)25-16-17-30-23-10-4-3-5-11-23/h6-9,12-15,23H,3-5,10-11,16-18H2,1-2H3,(H,25,27). The number of hydrogen-bond acceptors (Lipinski definition) is 4. The van der Waals surface area contributed by atoms with Gasteiger partial charge in [-0.3, -0.25) is 9.10 Å². The molecule has 1 aliphatic rings. The molecule has 2 aromatic carbocycles. The summed E-state index contributed by atoms with van der Waals surface area (Å²) in [6.45, 7) is 2.87. The number of benzene rings is 2. The molecular weight excluding hydrogens is 428 g/mol. The number of anilines is 1. The van der Waals surface area contributed by atoms with Crippen molar-refractivity contribution >= 4 is 33.4 Å². The second kappa shape index (κ2) is 11.0. The number of nitrogens with zero attached hydrogens (tertiary/aromatic N) is 1. The molecule has 0 heterocycles. The maximum atomic E-state index is 12.5. The smallest absolute Gasteiger partial charge is 0.251 e. The van der Waals surface area contributed by atoms with E-state index in [0.29, 0.717) is 17.8 Å². The monoisotopic (exact) mass is 460 g/mol. The lowest BCUT2D eigenvalue weighted by atomic mass is 10.0. The van der Waals surface area contributed by atoms with Crippen molar-refractivity contribution in [3.05, 3.63) is 65.2 Å². The molecule has 0 spiro atoms. The third-order valence-electron chi connectivity index (χ3n) is 5.69. The van der Waals surface area contributed by atoms with Gasteiger partial charge in [-0.05, 0) is 55.2 Å². The number of hydrogen-bond donors (Lipinski definition) is 1. The zero-order valence-corrected chi connectivity index (χ0v) is 20.0. The van der Waals surface area contributed by atoms with E-state index in [1.807, 2.05) is 43.0 Å². The Labute approximate surface area is 190 Å². The molecule has 1 fully saturated rings. The summed E-state index contributed by atoms with van der Waals surface area (Å²) in [6.07, 6.45) is 7.79. The third-order valence-corrected chi connectivity index (χ3v) is 8.21. The van der Waals surface area contributed by atoms with Gasteiger partial charge in [0.25, 0.3) is 5.91 Å². The summed E-state index contributed by atoms with van der Waals surface area (Å²) in [7, 11) is -3.46. The van der Waals surface area contributed by atoms with Gasteiger partial charge in [0, 0.05) is 23.1 Å². The van der Waals surface area contributed by atoms with Crippen LogP contribution in [0.15, 0.2) is 48.5 Å². The molecule has 0 radical (unpaired) electrons. The highest BCUT2D eigenvalue weighted by molar-refractivity contribution is 7.99. The van der Waals surface area contributed by atoms with Gasteiger partial charge in [-0.25, -0.2) is 8.42 Å². The first-order valence-electron chi connectivity index (χ1n) is 10.9. The van der Waals surface area contributed by atoms with Crippen molar-refractivity contribution in [3.8, 4) is 0 Å². The van der Waals surface area contributed by atoms with Crippen LogP contribution in [0.25, 0.3) is 0 Å². The summed E-state index contributed by atoms with van der Waals surface area (Å²) < 4.78 is 26.2. The average Bonchev–Trinajstić information content (AvgIpc) is 2.76. The van der Waals surface area contributed by atoms with Crippen molar-refractivity contribution in [2.75, 3.05) is 22.9 Å². The molecule has 1 saturated carbocycles. The summed E-state index contributed by atoms with van der Waals surface area (Å²) in [4.78, 5) is 12.5. The molecule has 0 aromatic heterocycles. The molecule has 31 heavy (non-hydrogen) atoms. The number of carbonyl (C=O) groups excluding carboxylic acids is 1. The van der Waals surface area contributed by atoms with E-state index >= 15 is 0 Å². The molecule has 3 rings (SSSR count). The van der Waals surface area contributed by atoms with Crippen molar-refractivity contribution in [3.63, 3.8) is 0 Å². The Morgan fingerprint density at radius 1 is 1.06 bits per heavy atom. The van der Waals surface area contributed by atoms with Crippen molar-refractivity contribution in [2.24, 2.45) is 0 Å². The number of carbonyl (C=O) groups is 1. The minimum absolute atomic E-state index is 0.124. The van der Waals surface area contributed by atoms with Gasteiger partial charge < -0.3 is 5.32 Å². The fraction of sp³-hybridized carbons (Fsp3) is 0.458. The molecule has 0 bridgehead atoms. The van der Waals surface area contributed by atoms with E-state index in [2.05, 4.69) is 5.32 Å². The Hall–Kier alpha value is -1.99. The predicted molar refractivity (Wildman–Crippen MR) is 130 cm³/mol. The lowest BCUT2D eigenvalue weighted by Crippen LogP contribution is -2.30. The van der Waals surface area contributed by atoms with Crippen molar-refractivity contribution in [2.45, 2.75) is 50.8 Å². The molecule has 0 aliphatic heterocycles. The first kappa shape index (κ1) is 23.7. The second-order valence-electron chi connectivity index (χ2n) is 8.13. The van der Waals surface area contributed by atoms with Gasteiger partial charge >= 0.3 is 0 Å². The number of thioether (sulfide) groups is 1. The fourth-order valence-electron chi connectivity index (χ4n) is 3.85. The third kappa shape index (κ3) is 7.01. The molecule has 7 heteroatoms. The number of rotatable bonds is 9. The molecule has 2 aromatic rings. The fourth-order valence-corrected chi connectivity index (χ4v) is 5.94. The van der Waals surface area contributed by atoms with Gasteiger partial charge in [-0.15, -0.1) is 0 Å². The highest BCUT2D eigenvalue weighted by Crippen LogP contribution is 2.28. The van der Waals surface area contributed by atoms with Crippen LogP contribution in [-0.4, -0.2) is 38.1 Å². The van der Waals surface area contributed by atoms with Gasteiger partial charge in [0.1, 0.15) is 0 Å². The lowest BCUT2D eigenvalue weighted by Gasteiger charge is -2.23. The number of aryl methyl sites for hydroxylation is 1. The average molecular weight is 461 g/mol. The second-order valence-corrected chi connectivity index (χ2v) is 11.4. The minimum atomic E-state index is -3.46. The van der Waals surface area contributed by atoms with Gasteiger partial charge in [0.05, 0.1) is 18.5 Å². The maximum Gasteiger partial charge on any atom is 0.251 e. The molecular formula is C24H32N2O3S2. The molecule has 1 N–H and O–H groups in total. The van der Waals surface area contributed by atoms with Crippen LogP contribution in [0.2, 0.25) is 0 Å². The van der Waals surface area contributed by atoms with Crippen LogP contribution in [0.1, 0.15) is 53.6 Å². The van der Waals surface area contributed by atoms with Crippen molar-refractivity contribution in [1.29, 1.82) is 0 Å². The predicted octanol–water partition coefficient (Wildman–Crippen LogP) is 4.76. The molecule has 0 unspecified atom stereocenters. The van der Waals surface area contributed by atoms with Gasteiger partial charge in [-0.1, -0.05) is 43.5 Å². The van der Waals surface area contributed by atoms with Gasteiger partial charge in [0.2, 0.25) is 10.0 Å². The Morgan fingerprint density at radius 2 is 1.74 bits per heavy atom. The van der Waals surface area contributed by atoms with E-state index in [0.717, 1.165) is 22.1 Å². The zero-order valence-electron chi connectivity index (χ0n) is 18.3. The molecule has 0 atom stereocenters. The Kier molecular flexibility index (Phi) is 8.43. The SMILES string of the molecule is Cc1ccccc1CN(c1ccc(C(=O)NCCSC2CCCCC2)cc1)S(C)(=O)=O. The van der Waals surface area contributed by atoms with Crippen LogP contribution >= 0.6 is 11.8 Å². The molecule has 168 valence electrons. The maximum absolute atomic E-state index is 12.5. The summed E-state index contributed by atoms with van der Waals surface area (Å²) in [6, 6.07) is 14.5. The van der Waals surface area contributed by atoms with Crippen LogP contribution in [0.4, 0.5) is 5.69 Å². The van der Waals surface area contributed by atoms with Gasteiger partial charge in [-0.2, -0.15) is 11.8 Å². The summed E-state index contributed by atoms with van der Waals surface area (Å²) in [5.41, 5.74) is 3.08. The Bertz CT molecular complexity index is 969. The first-order chi connectivity index (χ1) is 14.8. The first-order valence-corrected chi connectivity index (χ1v) is 13.8. The topological polar surface area (TPSA) is 66.5 Å². The Balaban J connectivity index is 1.58. The van der Waals surface area contributed by atoms with E-state index in [1.165, 1.54) is 42.7 Å². The number of sulfonamides is 1. The van der Waals surface area contributed by atoms with Gasteiger partial charge in [0.15, 0.2) is 0 Å². The quantitative estimate of drug-likeness (QED) is 0.548. The van der Waals surface area contributed by atoms with E-state index in [4.69, 9.17) is 0 Å². The molecule has 1 amide bonds. The molecule has 5 nitrogen and oxygen atoms in total. The lowest BCUT2D eigenvalue weighted by molar-refractivity contribution is 0.0956. The molecule has 0 saturated heterocycles. The van der Waals surface area contributed by atoms with Crippen molar-refractivity contribution < 1.29 is 13.2 Å². The van der Waals surface area contributed by atoms with Crippen LogP contribution in [-0.2, 0) is 16.6 Å². The van der Waals surface area contributed by atoms with E-state index < -0.39 is 10.0 Å². The van der Waals surface area contributed by atoms with Crippen LogP contribution < -0.4 is 9.62 Å². The number of amides is 1. The van der Waals surface area contributed by atoms with E-state index in [9.17, 15) is 13.2 Å². The summed E-state index contributed by atoms with van der Waals surface area (Å²) in [5, 5.41) is 3.71.